The molecule has 4 atom stereocenters. The zero-order valence-corrected chi connectivity index (χ0v) is 20.8. The molecule has 1 aromatic carbocycles. The number of anilines is 1. The van der Waals surface area contributed by atoms with Crippen LogP contribution in [0.5, 0.6) is 0 Å². The number of primary amides is 1. The maximum Gasteiger partial charge on any atom is 0.408 e. The molecule has 1 aromatic rings. The summed E-state index contributed by atoms with van der Waals surface area (Å²) in [7, 11) is 0. The van der Waals surface area contributed by atoms with Crippen molar-refractivity contribution in [2.75, 3.05) is 24.5 Å². The van der Waals surface area contributed by atoms with Gasteiger partial charge in [-0.05, 0) is 64.3 Å². The standard InChI is InChI=1S/C25H32N6O5/c1-25(2,3)36-24(35)28-19(22(33)30-10-4-5-17(30)12-26)14-29-13-18-11-20(29)23(34)31(18)16-8-6-15(7-9-16)21(27)32/h6-9,17-20H,4-5,10-11,13-14H2,1-3H3,(H2,27,32)(H,28,35)/t17-,18+,19-,20+/m0/s1. The summed E-state index contributed by atoms with van der Waals surface area (Å²) in [5.74, 6) is -0.983. The van der Waals surface area contributed by atoms with Gasteiger partial charge in [-0.25, -0.2) is 4.79 Å². The molecule has 3 saturated heterocycles. The van der Waals surface area contributed by atoms with Crippen LogP contribution in [0.15, 0.2) is 24.3 Å². The van der Waals surface area contributed by atoms with E-state index in [1.54, 1.807) is 49.9 Å². The Bertz CT molecular complexity index is 1090. The van der Waals surface area contributed by atoms with Gasteiger partial charge in [-0.15, -0.1) is 0 Å². The molecule has 0 aliphatic carbocycles. The number of piperazine rings is 1. The quantitative estimate of drug-likeness (QED) is 0.596. The molecule has 11 heteroatoms. The minimum absolute atomic E-state index is 0.0992. The molecule has 3 aliphatic heterocycles. The third-order valence-electron chi connectivity index (χ3n) is 6.79. The molecule has 0 spiro atoms. The number of benzene rings is 1. The first kappa shape index (κ1) is 25.4. The number of alkyl carbamates (subject to hydrolysis) is 1. The van der Waals surface area contributed by atoms with Gasteiger partial charge in [0.2, 0.25) is 17.7 Å². The number of ether oxygens (including phenoxy) is 1. The number of nitrogens with one attached hydrogen (secondary N) is 1. The zero-order chi connectivity index (χ0) is 26.2. The maximum absolute atomic E-state index is 13.4. The summed E-state index contributed by atoms with van der Waals surface area (Å²) in [6.07, 6.45) is 1.19. The minimum Gasteiger partial charge on any atom is -0.444 e. The monoisotopic (exact) mass is 496 g/mol. The molecule has 11 nitrogen and oxygen atoms in total. The smallest absolute Gasteiger partial charge is 0.408 e. The largest absolute Gasteiger partial charge is 0.444 e. The molecule has 3 aliphatic rings. The molecule has 3 heterocycles. The van der Waals surface area contributed by atoms with Gasteiger partial charge in [0, 0.05) is 30.9 Å². The number of amides is 4. The number of nitrogens with two attached hydrogens (primary N) is 1. The number of rotatable bonds is 6. The van der Waals surface area contributed by atoms with E-state index in [0.717, 1.165) is 6.42 Å². The fourth-order valence-electron chi connectivity index (χ4n) is 5.22. The average Bonchev–Trinajstić information content (AvgIpc) is 3.51. The first-order valence-electron chi connectivity index (χ1n) is 12.1. The SMILES string of the molecule is CC(C)(C)OC(=O)N[C@@H](CN1C[C@H]2C[C@@H]1C(=O)N2c1ccc(C(N)=O)cc1)C(=O)N1CCC[C@H]1C#N. The molecule has 2 bridgehead atoms. The van der Waals surface area contributed by atoms with Gasteiger partial charge in [-0.2, -0.15) is 5.26 Å². The molecule has 0 aromatic heterocycles. The van der Waals surface area contributed by atoms with E-state index in [4.69, 9.17) is 10.5 Å². The Kier molecular flexibility index (Phi) is 6.91. The summed E-state index contributed by atoms with van der Waals surface area (Å²) in [6, 6.07) is 6.73. The fourth-order valence-corrected chi connectivity index (χ4v) is 5.22. The summed E-state index contributed by atoms with van der Waals surface area (Å²) in [6.45, 7) is 6.31. The van der Waals surface area contributed by atoms with Gasteiger partial charge < -0.3 is 25.6 Å². The number of nitrogens with zero attached hydrogens (tertiary/aromatic N) is 4. The van der Waals surface area contributed by atoms with Crippen LogP contribution < -0.4 is 16.0 Å². The van der Waals surface area contributed by atoms with Crippen molar-refractivity contribution >= 4 is 29.5 Å². The number of fused-ring (bicyclic) bond motifs is 2. The van der Waals surface area contributed by atoms with Crippen molar-refractivity contribution in [3.63, 3.8) is 0 Å². The second-order valence-electron chi connectivity index (χ2n) is 10.5. The fraction of sp³-hybridized carbons (Fsp3) is 0.560. The molecule has 0 unspecified atom stereocenters. The van der Waals surface area contributed by atoms with E-state index < -0.39 is 35.7 Å². The van der Waals surface area contributed by atoms with E-state index >= 15 is 0 Å². The number of carbonyl (C=O) groups excluding carboxylic acids is 4. The van der Waals surface area contributed by atoms with Crippen molar-refractivity contribution in [2.45, 2.75) is 69.8 Å². The Labute approximate surface area is 210 Å². The number of hydrogen-bond donors (Lipinski definition) is 2. The summed E-state index contributed by atoms with van der Waals surface area (Å²) in [5.41, 5.74) is 5.62. The van der Waals surface area contributed by atoms with Crippen LogP contribution in [0.3, 0.4) is 0 Å². The van der Waals surface area contributed by atoms with Gasteiger partial charge in [0.15, 0.2) is 0 Å². The van der Waals surface area contributed by atoms with Crippen LogP contribution in [0.2, 0.25) is 0 Å². The Morgan fingerprint density at radius 1 is 1.25 bits per heavy atom. The molecule has 3 N–H and O–H groups in total. The second kappa shape index (κ2) is 9.78. The minimum atomic E-state index is -0.954. The number of nitriles is 1. The first-order chi connectivity index (χ1) is 17.0. The molecule has 192 valence electrons. The lowest BCUT2D eigenvalue weighted by atomic mass is 10.1. The van der Waals surface area contributed by atoms with E-state index in [9.17, 15) is 24.4 Å². The van der Waals surface area contributed by atoms with Crippen LogP contribution in [0.1, 0.15) is 50.4 Å². The van der Waals surface area contributed by atoms with Crippen LogP contribution in [-0.4, -0.2) is 83.0 Å². The van der Waals surface area contributed by atoms with Crippen LogP contribution in [-0.2, 0) is 14.3 Å². The number of carbonyl (C=O) groups is 4. The summed E-state index contributed by atoms with van der Waals surface area (Å²) < 4.78 is 5.37. The topological polar surface area (TPSA) is 149 Å². The van der Waals surface area contributed by atoms with Gasteiger partial charge in [0.25, 0.3) is 0 Å². The van der Waals surface area contributed by atoms with Crippen molar-refractivity contribution in [1.29, 1.82) is 5.26 Å². The Morgan fingerprint density at radius 3 is 2.53 bits per heavy atom. The molecule has 4 amide bonds. The number of likely N-dealkylation sites (tertiary alicyclic amines) is 2. The van der Waals surface area contributed by atoms with Gasteiger partial charge in [0.05, 0.1) is 18.2 Å². The highest BCUT2D eigenvalue weighted by atomic mass is 16.6. The molecule has 0 radical (unpaired) electrons. The van der Waals surface area contributed by atoms with Gasteiger partial charge in [-0.3, -0.25) is 19.3 Å². The summed E-state index contributed by atoms with van der Waals surface area (Å²) in [4.78, 5) is 55.7. The second-order valence-corrected chi connectivity index (χ2v) is 10.5. The van der Waals surface area contributed by atoms with Crippen molar-refractivity contribution in [1.82, 2.24) is 15.1 Å². The number of hydrogen-bond acceptors (Lipinski definition) is 7. The zero-order valence-electron chi connectivity index (χ0n) is 20.8. The van der Waals surface area contributed by atoms with E-state index in [-0.39, 0.29) is 24.4 Å². The van der Waals surface area contributed by atoms with Crippen LogP contribution >= 0.6 is 0 Å². The van der Waals surface area contributed by atoms with Gasteiger partial charge >= 0.3 is 6.09 Å². The highest BCUT2D eigenvalue weighted by molar-refractivity contribution is 6.02. The predicted molar refractivity (Wildman–Crippen MR) is 130 cm³/mol. The molecule has 0 saturated carbocycles. The van der Waals surface area contributed by atoms with Crippen LogP contribution in [0.25, 0.3) is 0 Å². The molecule has 36 heavy (non-hydrogen) atoms. The van der Waals surface area contributed by atoms with E-state index in [0.29, 0.717) is 37.2 Å². The molecular weight excluding hydrogens is 464 g/mol. The molecule has 4 rings (SSSR count). The first-order valence-corrected chi connectivity index (χ1v) is 12.1. The van der Waals surface area contributed by atoms with Crippen molar-refractivity contribution in [2.24, 2.45) is 5.73 Å². The summed E-state index contributed by atoms with van der Waals surface area (Å²) in [5, 5.41) is 12.1. The Hall–Kier alpha value is -3.65. The van der Waals surface area contributed by atoms with E-state index in [1.165, 1.54) is 4.90 Å². The van der Waals surface area contributed by atoms with Crippen molar-refractivity contribution < 1.29 is 23.9 Å². The van der Waals surface area contributed by atoms with Crippen LogP contribution in [0.4, 0.5) is 10.5 Å². The highest BCUT2D eigenvalue weighted by Crippen LogP contribution is 2.36. The lowest BCUT2D eigenvalue weighted by Gasteiger charge is -2.36. The average molecular weight is 497 g/mol. The lowest BCUT2D eigenvalue weighted by Crippen LogP contribution is -2.59. The third-order valence-corrected chi connectivity index (χ3v) is 6.79. The van der Waals surface area contributed by atoms with E-state index in [1.807, 2.05) is 4.90 Å². The normalized spacial score (nSPS) is 24.5. The lowest BCUT2D eigenvalue weighted by molar-refractivity contribution is -0.135. The van der Waals surface area contributed by atoms with Crippen molar-refractivity contribution in [3.8, 4) is 6.07 Å². The third kappa shape index (κ3) is 5.14. The highest BCUT2D eigenvalue weighted by Gasteiger charge is 2.51. The molecular formula is C25H32N6O5. The predicted octanol–water partition coefficient (Wildman–Crippen LogP) is 0.983. The molecule has 3 fully saturated rings. The van der Waals surface area contributed by atoms with Gasteiger partial charge in [0.1, 0.15) is 17.7 Å². The van der Waals surface area contributed by atoms with Crippen LogP contribution in [0, 0.1) is 11.3 Å². The van der Waals surface area contributed by atoms with E-state index in [2.05, 4.69) is 11.4 Å². The van der Waals surface area contributed by atoms with Gasteiger partial charge in [-0.1, -0.05) is 0 Å². The Morgan fingerprint density at radius 2 is 1.94 bits per heavy atom. The maximum atomic E-state index is 13.4. The summed E-state index contributed by atoms with van der Waals surface area (Å²) >= 11 is 0. The Balaban J connectivity index is 1.48. The van der Waals surface area contributed by atoms with Crippen molar-refractivity contribution in [3.05, 3.63) is 29.8 Å².